The molecule has 126 valence electrons. The summed E-state index contributed by atoms with van der Waals surface area (Å²) in [4.78, 5) is 11.9. The molecule has 0 bridgehead atoms. The van der Waals surface area contributed by atoms with Crippen LogP contribution in [0.5, 0.6) is 0 Å². The van der Waals surface area contributed by atoms with Crippen molar-refractivity contribution in [1.82, 2.24) is 5.32 Å². The first-order chi connectivity index (χ1) is 11.7. The molecule has 24 heavy (non-hydrogen) atoms. The fourth-order valence-electron chi connectivity index (χ4n) is 3.68. The summed E-state index contributed by atoms with van der Waals surface area (Å²) in [7, 11) is -2.00. The van der Waals surface area contributed by atoms with E-state index < -0.39 is 8.07 Å². The van der Waals surface area contributed by atoms with E-state index in [1.165, 1.54) is 10.4 Å². The lowest BCUT2D eigenvalue weighted by molar-refractivity contribution is 0.149. The Labute approximate surface area is 149 Å². The molecule has 1 fully saturated rings. The van der Waals surface area contributed by atoms with E-state index in [0.717, 1.165) is 12.1 Å². The predicted octanol–water partition coefficient (Wildman–Crippen LogP) is 2.99. The SMILES string of the molecule is CCOC(=O)N[C@@H]1C[Si](c2ccccc2)(c2ccccc2)C[C@H]1Cl. The van der Waals surface area contributed by atoms with Crippen LogP contribution >= 0.6 is 11.6 Å². The van der Waals surface area contributed by atoms with Crippen LogP contribution in [0.15, 0.2) is 60.7 Å². The van der Waals surface area contributed by atoms with Crippen LogP contribution in [0.4, 0.5) is 4.79 Å². The Morgan fingerprint density at radius 2 is 1.62 bits per heavy atom. The number of ether oxygens (including phenoxy) is 1. The van der Waals surface area contributed by atoms with Crippen molar-refractivity contribution in [2.45, 2.75) is 30.4 Å². The molecule has 0 radical (unpaired) electrons. The van der Waals surface area contributed by atoms with E-state index in [0.29, 0.717) is 6.61 Å². The number of carbonyl (C=O) groups is 1. The van der Waals surface area contributed by atoms with Crippen molar-refractivity contribution in [2.75, 3.05) is 6.61 Å². The summed E-state index contributed by atoms with van der Waals surface area (Å²) in [5, 5.41) is 5.62. The van der Waals surface area contributed by atoms with Gasteiger partial charge in [-0.25, -0.2) is 4.79 Å². The largest absolute Gasteiger partial charge is 0.450 e. The summed E-state index contributed by atoms with van der Waals surface area (Å²) >= 11 is 6.67. The van der Waals surface area contributed by atoms with Gasteiger partial charge in [0, 0.05) is 6.04 Å². The van der Waals surface area contributed by atoms with Gasteiger partial charge in [0.1, 0.15) is 8.07 Å². The van der Waals surface area contributed by atoms with Crippen LogP contribution in [-0.2, 0) is 4.74 Å². The zero-order chi connectivity index (χ0) is 17.0. The molecule has 1 N–H and O–H groups in total. The molecule has 3 nitrogen and oxygen atoms in total. The van der Waals surface area contributed by atoms with E-state index in [1.807, 2.05) is 12.1 Å². The monoisotopic (exact) mass is 359 g/mol. The summed E-state index contributed by atoms with van der Waals surface area (Å²) in [6.07, 6.45) is -0.376. The minimum absolute atomic E-state index is 0.0576. The highest BCUT2D eigenvalue weighted by atomic mass is 35.5. The maximum atomic E-state index is 11.9. The number of nitrogens with one attached hydrogen (secondary N) is 1. The van der Waals surface area contributed by atoms with E-state index in [2.05, 4.69) is 53.8 Å². The lowest BCUT2D eigenvalue weighted by Crippen LogP contribution is -2.57. The normalized spacial score (nSPS) is 22.1. The van der Waals surface area contributed by atoms with Crippen LogP contribution in [0.25, 0.3) is 0 Å². The molecule has 0 aromatic heterocycles. The van der Waals surface area contributed by atoms with Gasteiger partial charge in [-0.05, 0) is 19.0 Å². The smallest absolute Gasteiger partial charge is 0.407 e. The quantitative estimate of drug-likeness (QED) is 0.673. The topological polar surface area (TPSA) is 38.3 Å². The number of hydrogen-bond acceptors (Lipinski definition) is 2. The second kappa shape index (κ2) is 7.41. The molecule has 2 atom stereocenters. The van der Waals surface area contributed by atoms with E-state index in [4.69, 9.17) is 16.3 Å². The van der Waals surface area contributed by atoms with E-state index in [9.17, 15) is 4.79 Å². The van der Waals surface area contributed by atoms with Gasteiger partial charge >= 0.3 is 6.09 Å². The maximum Gasteiger partial charge on any atom is 0.407 e. The highest BCUT2D eigenvalue weighted by molar-refractivity contribution is 7.03. The number of alkyl carbamates (subject to hydrolysis) is 1. The first-order valence-corrected chi connectivity index (χ1v) is 11.2. The maximum absolute atomic E-state index is 11.9. The lowest BCUT2D eigenvalue weighted by atomic mass is 10.3. The molecule has 1 saturated heterocycles. The summed E-state index contributed by atoms with van der Waals surface area (Å²) in [6.45, 7) is 2.17. The third-order valence-corrected chi connectivity index (χ3v) is 10.6. The Morgan fingerprint density at radius 3 is 2.12 bits per heavy atom. The molecule has 2 aromatic carbocycles. The molecule has 0 saturated carbocycles. The zero-order valence-corrected chi connectivity index (χ0v) is 15.5. The van der Waals surface area contributed by atoms with Crippen molar-refractivity contribution in [3.05, 3.63) is 60.7 Å². The summed E-state index contributed by atoms with van der Waals surface area (Å²) in [5.74, 6) is 0. The van der Waals surface area contributed by atoms with Crippen LogP contribution < -0.4 is 15.7 Å². The Kier molecular flexibility index (Phi) is 5.26. The summed E-state index contributed by atoms with van der Waals surface area (Å²) < 4.78 is 5.04. The molecule has 3 rings (SSSR count). The fourth-order valence-corrected chi connectivity index (χ4v) is 9.96. The third-order valence-electron chi connectivity index (χ3n) is 4.78. The lowest BCUT2D eigenvalue weighted by Gasteiger charge is -2.28. The number of halogens is 1. The van der Waals surface area contributed by atoms with Gasteiger partial charge < -0.3 is 10.1 Å². The van der Waals surface area contributed by atoms with Gasteiger partial charge in [-0.15, -0.1) is 11.6 Å². The van der Waals surface area contributed by atoms with Gasteiger partial charge in [0.25, 0.3) is 0 Å². The van der Waals surface area contributed by atoms with Crippen molar-refractivity contribution < 1.29 is 9.53 Å². The minimum atomic E-state index is -2.00. The molecule has 0 spiro atoms. The number of carbonyl (C=O) groups excluding carboxylic acids is 1. The number of alkyl halides is 1. The summed E-state index contributed by atoms with van der Waals surface area (Å²) in [5.41, 5.74) is 0. The van der Waals surface area contributed by atoms with Crippen LogP contribution in [-0.4, -0.2) is 32.2 Å². The van der Waals surface area contributed by atoms with Gasteiger partial charge in [-0.2, -0.15) is 0 Å². The van der Waals surface area contributed by atoms with Gasteiger partial charge in [-0.3, -0.25) is 0 Å². The molecule has 0 unspecified atom stereocenters. The molecule has 1 aliphatic rings. The first-order valence-electron chi connectivity index (χ1n) is 8.34. The van der Waals surface area contributed by atoms with Gasteiger partial charge in [-0.1, -0.05) is 71.0 Å². The zero-order valence-electron chi connectivity index (χ0n) is 13.7. The van der Waals surface area contributed by atoms with Crippen molar-refractivity contribution in [3.8, 4) is 0 Å². The average Bonchev–Trinajstić information content (AvgIpc) is 2.94. The number of rotatable bonds is 4. The van der Waals surface area contributed by atoms with Crippen molar-refractivity contribution >= 4 is 36.1 Å². The summed E-state index contributed by atoms with van der Waals surface area (Å²) in [6, 6.07) is 23.0. The fraction of sp³-hybridized carbons (Fsp3) is 0.316. The Morgan fingerprint density at radius 1 is 1.08 bits per heavy atom. The average molecular weight is 360 g/mol. The van der Waals surface area contributed by atoms with Crippen LogP contribution in [0.3, 0.4) is 0 Å². The first kappa shape index (κ1) is 17.1. The number of amides is 1. The van der Waals surface area contributed by atoms with E-state index in [1.54, 1.807) is 6.92 Å². The Bertz CT molecular complexity index is 641. The van der Waals surface area contributed by atoms with Crippen molar-refractivity contribution in [2.24, 2.45) is 0 Å². The van der Waals surface area contributed by atoms with Crippen LogP contribution in [0.1, 0.15) is 6.92 Å². The highest BCUT2D eigenvalue weighted by Gasteiger charge is 2.49. The molecule has 0 aliphatic carbocycles. The molecule has 5 heteroatoms. The number of benzene rings is 2. The van der Waals surface area contributed by atoms with Crippen LogP contribution in [0.2, 0.25) is 12.1 Å². The van der Waals surface area contributed by atoms with Gasteiger partial charge in [0.2, 0.25) is 0 Å². The second-order valence-electron chi connectivity index (χ2n) is 6.21. The Hall–Kier alpha value is -1.78. The third kappa shape index (κ3) is 3.35. The Balaban J connectivity index is 1.95. The highest BCUT2D eigenvalue weighted by Crippen LogP contribution is 2.34. The predicted molar refractivity (Wildman–Crippen MR) is 101 cm³/mol. The molecule has 1 heterocycles. The molecular formula is C19H22ClNO2Si. The molecule has 1 amide bonds. The van der Waals surface area contributed by atoms with Crippen molar-refractivity contribution in [3.63, 3.8) is 0 Å². The van der Waals surface area contributed by atoms with Crippen molar-refractivity contribution in [1.29, 1.82) is 0 Å². The number of hydrogen-bond donors (Lipinski definition) is 1. The van der Waals surface area contributed by atoms with Gasteiger partial charge in [0.05, 0.1) is 12.0 Å². The molecule has 1 aliphatic heterocycles. The molecular weight excluding hydrogens is 338 g/mol. The minimum Gasteiger partial charge on any atom is -0.450 e. The van der Waals surface area contributed by atoms with E-state index in [-0.39, 0.29) is 17.5 Å². The van der Waals surface area contributed by atoms with E-state index >= 15 is 0 Å². The van der Waals surface area contributed by atoms with Crippen LogP contribution in [0, 0.1) is 0 Å². The standard InChI is InChI=1S/C19H22ClNO2Si/c1-2-23-19(22)21-18-14-24(13-17(18)20,15-9-5-3-6-10-15)16-11-7-4-8-12-16/h3-12,17-18H,2,13-14H2,1H3,(H,21,22)/t17-,18-/m1/s1. The molecule has 2 aromatic rings. The van der Waals surface area contributed by atoms with Gasteiger partial charge in [0.15, 0.2) is 0 Å². The second-order valence-corrected chi connectivity index (χ2v) is 10.9.